The van der Waals surface area contributed by atoms with Gasteiger partial charge in [0.25, 0.3) is 13.3 Å². The molecule has 17 heteroatoms. The number of carbonyl (C=O) groups excluding carboxylic acids is 1. The van der Waals surface area contributed by atoms with Crippen LogP contribution in [0.15, 0.2) is 143 Å². The zero-order valence-corrected chi connectivity index (χ0v) is 46.9. The Morgan fingerprint density at radius 2 is 1.34 bits per heavy atom. The number of ether oxygens (including phenoxy) is 6. The molecule has 4 aliphatic rings. The monoisotopic (exact) mass is 1090 g/mol. The number of fused-ring (bicyclic) bond motifs is 4. The molecule has 10 rings (SSSR count). The minimum atomic E-state index is -2.99. The van der Waals surface area contributed by atoms with Crippen LogP contribution in [0.4, 0.5) is 4.79 Å². The number of methoxy groups -OCH3 is 2. The van der Waals surface area contributed by atoms with Crippen LogP contribution in [-0.2, 0) is 33.6 Å². The Labute approximate surface area is 462 Å². The van der Waals surface area contributed by atoms with Crippen LogP contribution in [0, 0.1) is 18.3 Å². The fourth-order valence-electron chi connectivity index (χ4n) is 12.2. The number of H-pyrrole nitrogens is 1. The van der Waals surface area contributed by atoms with Gasteiger partial charge < -0.3 is 33.3 Å². The molecular formula is C62H71N5O11P+. The molecule has 0 bridgehead atoms. The van der Waals surface area contributed by atoms with Gasteiger partial charge in [-0.05, 0) is 97.8 Å². The highest BCUT2D eigenvalue weighted by molar-refractivity contribution is 7.67. The van der Waals surface area contributed by atoms with Crippen molar-refractivity contribution in [1.29, 1.82) is 5.26 Å². The average Bonchev–Trinajstić information content (AvgIpc) is 4.00. The van der Waals surface area contributed by atoms with Crippen molar-refractivity contribution in [2.75, 3.05) is 66.8 Å². The van der Waals surface area contributed by atoms with Gasteiger partial charge in [0.15, 0.2) is 11.8 Å². The number of nitrogens with one attached hydrogen (secondary N) is 1. The second kappa shape index (κ2) is 23.6. The van der Waals surface area contributed by atoms with Crippen LogP contribution in [0.3, 0.4) is 0 Å². The Morgan fingerprint density at radius 3 is 1.91 bits per heavy atom. The summed E-state index contributed by atoms with van der Waals surface area (Å²) >= 11 is 0. The van der Waals surface area contributed by atoms with E-state index in [1.165, 1.54) is 21.9 Å². The van der Waals surface area contributed by atoms with Crippen molar-refractivity contribution >= 4 is 13.8 Å². The van der Waals surface area contributed by atoms with E-state index in [9.17, 15) is 19.6 Å². The molecule has 79 heavy (non-hydrogen) atoms. The topological polar surface area (TPSA) is 176 Å². The number of nitriles is 1. The van der Waals surface area contributed by atoms with E-state index in [2.05, 4.69) is 67.9 Å². The summed E-state index contributed by atoms with van der Waals surface area (Å²) in [5.41, 5.74) is 3.36. The lowest BCUT2D eigenvalue weighted by molar-refractivity contribution is -0.123. The minimum Gasteiger partial charge on any atom is -0.497 e. The van der Waals surface area contributed by atoms with Crippen LogP contribution in [0.1, 0.15) is 86.1 Å². The van der Waals surface area contributed by atoms with Gasteiger partial charge in [0.1, 0.15) is 53.8 Å². The van der Waals surface area contributed by atoms with Gasteiger partial charge in [0, 0.05) is 56.8 Å². The molecule has 5 atom stereocenters. The minimum absolute atomic E-state index is 0.0481. The van der Waals surface area contributed by atoms with E-state index in [4.69, 9.17) is 37.5 Å². The molecule has 414 valence electrons. The molecule has 6 aromatic rings. The highest BCUT2D eigenvalue weighted by atomic mass is 31.2. The molecule has 1 aromatic heterocycles. The summed E-state index contributed by atoms with van der Waals surface area (Å²) in [6.07, 6.45) is -1.80. The Morgan fingerprint density at radius 1 is 0.772 bits per heavy atom. The number of aromatic nitrogens is 2. The van der Waals surface area contributed by atoms with E-state index < -0.39 is 54.7 Å². The number of carbonyl (C=O) groups is 1. The molecule has 0 spiro atoms. The van der Waals surface area contributed by atoms with E-state index in [1.807, 2.05) is 103 Å². The van der Waals surface area contributed by atoms with Crippen molar-refractivity contribution in [3.05, 3.63) is 188 Å². The van der Waals surface area contributed by atoms with Crippen molar-refractivity contribution in [3.63, 3.8) is 0 Å². The van der Waals surface area contributed by atoms with Crippen LogP contribution >= 0.6 is 7.72 Å². The summed E-state index contributed by atoms with van der Waals surface area (Å²) in [7, 11) is 0.267. The molecule has 3 saturated heterocycles. The van der Waals surface area contributed by atoms with E-state index in [0.717, 1.165) is 27.8 Å². The Balaban J connectivity index is 0.994. The number of amides is 1. The molecule has 16 nitrogen and oxygen atoms in total. The lowest BCUT2D eigenvalue weighted by Gasteiger charge is -2.41. The molecule has 1 amide bonds. The third-order valence-electron chi connectivity index (χ3n) is 16.2. The van der Waals surface area contributed by atoms with Gasteiger partial charge in [-0.25, -0.2) is 14.1 Å². The molecule has 0 saturated carbocycles. The third-order valence-corrected chi connectivity index (χ3v) is 20.3. The Bertz CT molecular complexity index is 3150. The number of piperazine rings is 1. The predicted octanol–water partition coefficient (Wildman–Crippen LogP) is 9.84. The Hall–Kier alpha value is -6.67. The van der Waals surface area contributed by atoms with Crippen molar-refractivity contribution in [2.24, 2.45) is 0 Å². The van der Waals surface area contributed by atoms with Gasteiger partial charge in [0.2, 0.25) is 0 Å². The number of hydrogen-bond donors (Lipinski definition) is 1. The normalized spacial score (nSPS) is 21.2. The van der Waals surface area contributed by atoms with E-state index >= 15 is 0 Å². The number of hydrogen-bond acceptors (Lipinski definition) is 13. The van der Waals surface area contributed by atoms with Gasteiger partial charge in [-0.3, -0.25) is 19.2 Å². The quantitative estimate of drug-likeness (QED) is 0.0435. The smallest absolute Gasteiger partial charge is 0.409 e. The first kappa shape index (κ1) is 55.6. The summed E-state index contributed by atoms with van der Waals surface area (Å²) in [5.74, 6) is 1.30. The molecule has 5 aromatic carbocycles. The first-order chi connectivity index (χ1) is 38.2. The molecule has 1 unspecified atom stereocenters. The van der Waals surface area contributed by atoms with Crippen molar-refractivity contribution in [3.8, 4) is 28.7 Å². The first-order valence-corrected chi connectivity index (χ1v) is 29.1. The Kier molecular flexibility index (Phi) is 16.6. The maximum Gasteiger partial charge on any atom is 0.409 e. The van der Waals surface area contributed by atoms with Crippen molar-refractivity contribution < 1.29 is 42.3 Å². The van der Waals surface area contributed by atoms with Crippen molar-refractivity contribution in [1.82, 2.24) is 19.4 Å². The lowest BCUT2D eigenvalue weighted by atomic mass is 9.79. The standard InChI is InChI=1S/C62H70N5O11P/c1-41(2)79(42(3)4,75-35-15-30-63)78-61-36-49(38-65-31-33-66(34-32-65)60(70)73-39-54-52-20-13-11-18-50(52)51-19-12-14-21-53(51)54)76-56(61)58(67-37-43(5)57(68)64-59(67)69)77-55(61)40-74-62(44-16-9-8-10-17-44,45-22-26-47(71-6)27-23-45)46-24-28-48(72-7)29-25-46/h8-14,16-29,37,41-42,49,54-56,58H,15,31-36,38-40H2,1-7H3/p+1/t49-,55?,56+,58+,61+/m0/s1. The SMILES string of the molecule is COc1ccc(C(OCC2O[C@@H](n3cc(C)c(=O)[nH]c3=O)[C@H]3O[C@H](CN4CCN(C(=O)OCC5c6ccccc6-c6ccccc65)CC4)C[C@@]23O[P+](OCCC#N)(C(C)C)C(C)C)(c2ccccc2)c2ccc(OC)cc2)cc1. The van der Waals surface area contributed by atoms with Crippen LogP contribution < -0.4 is 20.7 Å². The largest absolute Gasteiger partial charge is 0.497 e. The molecule has 1 aliphatic carbocycles. The molecule has 3 aliphatic heterocycles. The lowest BCUT2D eigenvalue weighted by Crippen LogP contribution is -2.52. The number of aryl methyl sites for hydroxylation is 1. The van der Waals surface area contributed by atoms with E-state index in [0.29, 0.717) is 56.2 Å². The van der Waals surface area contributed by atoms with Crippen LogP contribution in [0.25, 0.3) is 11.1 Å². The molecule has 4 heterocycles. The summed E-state index contributed by atoms with van der Waals surface area (Å²) in [6, 6.07) is 44.4. The molecule has 3 fully saturated rings. The first-order valence-electron chi connectivity index (χ1n) is 27.3. The molecular weight excluding hydrogens is 1020 g/mol. The second-order valence-corrected chi connectivity index (χ2v) is 25.2. The number of nitrogens with zero attached hydrogens (tertiary/aromatic N) is 4. The zero-order chi connectivity index (χ0) is 55.5. The van der Waals surface area contributed by atoms with Crippen LogP contribution in [0.5, 0.6) is 11.5 Å². The summed E-state index contributed by atoms with van der Waals surface area (Å²) in [6.45, 7) is 12.8. The van der Waals surface area contributed by atoms with E-state index in [1.54, 1.807) is 26.0 Å². The maximum absolute atomic E-state index is 14.1. The average molecular weight is 1090 g/mol. The third kappa shape index (κ3) is 10.7. The number of benzene rings is 5. The van der Waals surface area contributed by atoms with Crippen LogP contribution in [0.2, 0.25) is 0 Å². The molecule has 1 N–H and O–H groups in total. The van der Waals surface area contributed by atoms with Gasteiger partial charge in [-0.1, -0.05) is 103 Å². The summed E-state index contributed by atoms with van der Waals surface area (Å²) in [5, 5.41) is 9.78. The summed E-state index contributed by atoms with van der Waals surface area (Å²) in [4.78, 5) is 47.5. The fraction of sp³-hybridized carbons (Fsp3) is 0.419. The summed E-state index contributed by atoms with van der Waals surface area (Å²) < 4.78 is 55.8. The van der Waals surface area contributed by atoms with Crippen LogP contribution in [-0.4, -0.2) is 127 Å². The van der Waals surface area contributed by atoms with Crippen molar-refractivity contribution in [2.45, 2.75) is 100 Å². The van der Waals surface area contributed by atoms with Gasteiger partial charge in [0.05, 0.1) is 39.4 Å². The maximum atomic E-state index is 14.1. The highest BCUT2D eigenvalue weighted by Crippen LogP contribution is 2.73. The number of rotatable bonds is 20. The van der Waals surface area contributed by atoms with Gasteiger partial charge in [-0.2, -0.15) is 9.79 Å². The van der Waals surface area contributed by atoms with Gasteiger partial charge in [-0.15, -0.1) is 0 Å². The predicted molar refractivity (Wildman–Crippen MR) is 302 cm³/mol. The second-order valence-electron chi connectivity index (χ2n) is 21.4. The fourth-order valence-corrected chi connectivity index (χ4v) is 15.7. The number of aromatic amines is 1. The molecule has 0 radical (unpaired) electrons. The highest BCUT2D eigenvalue weighted by Gasteiger charge is 2.71. The zero-order valence-electron chi connectivity index (χ0n) is 46.0. The van der Waals surface area contributed by atoms with Gasteiger partial charge >= 0.3 is 11.8 Å². The van der Waals surface area contributed by atoms with E-state index in [-0.39, 0.29) is 49.6 Å².